The molecule has 2 nitrogen and oxygen atoms in total. The van der Waals surface area contributed by atoms with Crippen molar-refractivity contribution in [1.82, 2.24) is 10.3 Å². The number of pyridine rings is 1. The lowest BCUT2D eigenvalue weighted by atomic mass is 10.1. The van der Waals surface area contributed by atoms with Crippen LogP contribution in [0.4, 0.5) is 0 Å². The Morgan fingerprint density at radius 3 is 3.00 bits per heavy atom. The molecule has 0 fully saturated rings. The Morgan fingerprint density at radius 2 is 2.12 bits per heavy atom. The van der Waals surface area contributed by atoms with E-state index in [2.05, 4.69) is 40.5 Å². The summed E-state index contributed by atoms with van der Waals surface area (Å²) in [5.74, 6) is 2.56. The number of aromatic nitrogens is 1. The second-order valence-electron chi connectivity index (χ2n) is 3.62. The number of rotatable bonds is 4. The largest absolute Gasteiger partial charge is 0.306 e. The molecule has 0 atom stereocenters. The van der Waals surface area contributed by atoms with Crippen LogP contribution in [0.5, 0.6) is 0 Å². The first kappa shape index (κ1) is 10.7. The van der Waals surface area contributed by atoms with Gasteiger partial charge in [-0.1, -0.05) is 30.2 Å². The molecule has 0 amide bonds. The molecule has 0 radical (unpaired) electrons. The number of fused-ring (bicyclic) bond motifs is 1. The number of benzene rings is 1. The maximum absolute atomic E-state index is 5.17. The third-order valence-electron chi connectivity index (χ3n) is 2.51. The number of para-hydroxylation sites is 1. The number of terminal acetylenes is 1. The van der Waals surface area contributed by atoms with Gasteiger partial charge in [0.25, 0.3) is 0 Å². The normalized spacial score (nSPS) is 10.2. The van der Waals surface area contributed by atoms with E-state index in [0.717, 1.165) is 18.5 Å². The monoisotopic (exact) mass is 210 g/mol. The molecule has 1 heterocycles. The Morgan fingerprint density at radius 1 is 1.25 bits per heavy atom. The van der Waals surface area contributed by atoms with Crippen molar-refractivity contribution in [3.05, 3.63) is 42.1 Å². The molecular weight excluding hydrogens is 196 g/mol. The highest BCUT2D eigenvalue weighted by Crippen LogP contribution is 2.15. The van der Waals surface area contributed by atoms with Gasteiger partial charge in [0, 0.05) is 18.1 Å². The fourth-order valence-electron chi connectivity index (χ4n) is 1.75. The van der Waals surface area contributed by atoms with Gasteiger partial charge in [-0.15, -0.1) is 6.42 Å². The van der Waals surface area contributed by atoms with Crippen LogP contribution in [0.2, 0.25) is 0 Å². The topological polar surface area (TPSA) is 24.9 Å². The van der Waals surface area contributed by atoms with Gasteiger partial charge in [0.05, 0.1) is 12.1 Å². The highest BCUT2D eigenvalue weighted by atomic mass is 14.8. The number of nitrogens with one attached hydrogen (secondary N) is 1. The van der Waals surface area contributed by atoms with E-state index >= 15 is 0 Å². The molecule has 0 saturated heterocycles. The van der Waals surface area contributed by atoms with Crippen LogP contribution in [-0.2, 0) is 6.42 Å². The Hall–Kier alpha value is -1.85. The minimum atomic E-state index is 0.623. The Labute approximate surface area is 95.7 Å². The summed E-state index contributed by atoms with van der Waals surface area (Å²) in [5.41, 5.74) is 2.36. The van der Waals surface area contributed by atoms with E-state index in [4.69, 9.17) is 6.42 Å². The molecule has 2 rings (SSSR count). The molecule has 2 heteroatoms. The van der Waals surface area contributed by atoms with Crippen molar-refractivity contribution in [1.29, 1.82) is 0 Å². The second kappa shape index (κ2) is 5.29. The summed E-state index contributed by atoms with van der Waals surface area (Å²) < 4.78 is 0. The molecule has 0 aliphatic heterocycles. The molecule has 1 aromatic carbocycles. The molecule has 80 valence electrons. The molecule has 1 aromatic heterocycles. The third-order valence-corrected chi connectivity index (χ3v) is 2.51. The first-order valence-corrected chi connectivity index (χ1v) is 5.38. The highest BCUT2D eigenvalue weighted by molar-refractivity contribution is 5.81. The van der Waals surface area contributed by atoms with Gasteiger partial charge in [-0.05, 0) is 18.1 Å². The summed E-state index contributed by atoms with van der Waals surface area (Å²) in [5, 5.41) is 4.38. The average Bonchev–Trinajstić information content (AvgIpc) is 2.35. The standard InChI is InChI=1S/C14H14N2/c1-2-9-15-11-8-13-6-3-5-12-7-4-10-16-14(12)13/h1,3-7,10,15H,8-9,11H2. The van der Waals surface area contributed by atoms with Gasteiger partial charge in [-0.3, -0.25) is 4.98 Å². The van der Waals surface area contributed by atoms with Gasteiger partial charge < -0.3 is 5.32 Å². The lowest BCUT2D eigenvalue weighted by Crippen LogP contribution is -2.17. The van der Waals surface area contributed by atoms with Gasteiger partial charge in [0.15, 0.2) is 0 Å². The molecule has 0 aliphatic rings. The molecule has 0 aliphatic carbocycles. The smallest absolute Gasteiger partial charge is 0.0734 e. The van der Waals surface area contributed by atoms with E-state index in [0.29, 0.717) is 6.54 Å². The van der Waals surface area contributed by atoms with Gasteiger partial charge >= 0.3 is 0 Å². The van der Waals surface area contributed by atoms with E-state index in [1.165, 1.54) is 10.9 Å². The van der Waals surface area contributed by atoms with E-state index < -0.39 is 0 Å². The van der Waals surface area contributed by atoms with Crippen molar-refractivity contribution in [2.45, 2.75) is 6.42 Å². The predicted octanol–water partition coefficient (Wildman–Crippen LogP) is 2.00. The number of hydrogen-bond acceptors (Lipinski definition) is 2. The van der Waals surface area contributed by atoms with Gasteiger partial charge in [-0.2, -0.15) is 0 Å². The van der Waals surface area contributed by atoms with E-state index in [9.17, 15) is 0 Å². The van der Waals surface area contributed by atoms with Crippen molar-refractivity contribution >= 4 is 10.9 Å². The maximum atomic E-state index is 5.17. The number of hydrogen-bond donors (Lipinski definition) is 1. The molecule has 16 heavy (non-hydrogen) atoms. The number of nitrogens with zero attached hydrogens (tertiary/aromatic N) is 1. The van der Waals surface area contributed by atoms with Crippen LogP contribution < -0.4 is 5.32 Å². The minimum Gasteiger partial charge on any atom is -0.306 e. The summed E-state index contributed by atoms with van der Waals surface area (Å²) >= 11 is 0. The molecule has 0 spiro atoms. The molecule has 1 N–H and O–H groups in total. The van der Waals surface area contributed by atoms with Crippen molar-refractivity contribution in [2.75, 3.05) is 13.1 Å². The maximum Gasteiger partial charge on any atom is 0.0734 e. The lowest BCUT2D eigenvalue weighted by Gasteiger charge is -2.05. The fourth-order valence-corrected chi connectivity index (χ4v) is 1.75. The zero-order chi connectivity index (χ0) is 11.2. The molecular formula is C14H14N2. The highest BCUT2D eigenvalue weighted by Gasteiger charge is 2.00. The molecule has 0 saturated carbocycles. The van der Waals surface area contributed by atoms with Crippen LogP contribution in [0.15, 0.2) is 36.5 Å². The average molecular weight is 210 g/mol. The van der Waals surface area contributed by atoms with Crippen molar-refractivity contribution < 1.29 is 0 Å². The van der Waals surface area contributed by atoms with E-state index in [-0.39, 0.29) is 0 Å². The van der Waals surface area contributed by atoms with Crippen LogP contribution >= 0.6 is 0 Å². The summed E-state index contributed by atoms with van der Waals surface area (Å²) in [7, 11) is 0. The SMILES string of the molecule is C#CCNCCc1cccc2cccnc12. The fraction of sp³-hybridized carbons (Fsp3) is 0.214. The summed E-state index contributed by atoms with van der Waals surface area (Å²) in [6.07, 6.45) is 7.96. The zero-order valence-electron chi connectivity index (χ0n) is 9.11. The zero-order valence-corrected chi connectivity index (χ0v) is 9.11. The predicted molar refractivity (Wildman–Crippen MR) is 67.1 cm³/mol. The van der Waals surface area contributed by atoms with E-state index in [1.54, 1.807) is 0 Å². The first-order valence-electron chi connectivity index (χ1n) is 5.38. The summed E-state index contributed by atoms with van der Waals surface area (Å²) in [6, 6.07) is 10.3. The summed E-state index contributed by atoms with van der Waals surface area (Å²) in [6.45, 7) is 1.51. The van der Waals surface area contributed by atoms with Crippen LogP contribution in [0.3, 0.4) is 0 Å². The third kappa shape index (κ3) is 2.39. The lowest BCUT2D eigenvalue weighted by molar-refractivity contribution is 0.755. The van der Waals surface area contributed by atoms with E-state index in [1.807, 2.05) is 12.3 Å². The van der Waals surface area contributed by atoms with Crippen molar-refractivity contribution in [3.63, 3.8) is 0 Å². The van der Waals surface area contributed by atoms with Crippen LogP contribution in [-0.4, -0.2) is 18.1 Å². The Balaban J connectivity index is 2.15. The van der Waals surface area contributed by atoms with Crippen molar-refractivity contribution in [2.24, 2.45) is 0 Å². The van der Waals surface area contributed by atoms with Crippen LogP contribution in [0, 0.1) is 12.3 Å². The van der Waals surface area contributed by atoms with Crippen molar-refractivity contribution in [3.8, 4) is 12.3 Å². The summed E-state index contributed by atoms with van der Waals surface area (Å²) in [4.78, 5) is 4.41. The Bertz CT molecular complexity index is 506. The Kier molecular flexibility index (Phi) is 3.53. The van der Waals surface area contributed by atoms with Gasteiger partial charge in [-0.25, -0.2) is 0 Å². The molecule has 2 aromatic rings. The van der Waals surface area contributed by atoms with Gasteiger partial charge in [0.1, 0.15) is 0 Å². The van der Waals surface area contributed by atoms with Gasteiger partial charge in [0.2, 0.25) is 0 Å². The minimum absolute atomic E-state index is 0.623. The quantitative estimate of drug-likeness (QED) is 0.616. The van der Waals surface area contributed by atoms with Crippen LogP contribution in [0.25, 0.3) is 10.9 Å². The first-order chi connectivity index (χ1) is 7.92. The molecule has 0 bridgehead atoms. The second-order valence-corrected chi connectivity index (χ2v) is 3.62. The van der Waals surface area contributed by atoms with Crippen LogP contribution in [0.1, 0.15) is 5.56 Å². The molecule has 0 unspecified atom stereocenters.